The lowest BCUT2D eigenvalue weighted by Gasteiger charge is -2.28. The Labute approximate surface area is 223 Å². The molecule has 0 atom stereocenters. The van der Waals surface area contributed by atoms with Gasteiger partial charge in [-0.2, -0.15) is 18.3 Å². The fourth-order valence-electron chi connectivity index (χ4n) is 4.25. The summed E-state index contributed by atoms with van der Waals surface area (Å²) in [5.74, 6) is -1.98. The monoisotopic (exact) mass is 548 g/mol. The number of piperidine rings is 1. The van der Waals surface area contributed by atoms with E-state index in [1.807, 2.05) is 23.0 Å². The first-order valence-corrected chi connectivity index (χ1v) is 12.6. The molecule has 1 aromatic carbocycles. The number of morpholine rings is 1. The van der Waals surface area contributed by atoms with Crippen molar-refractivity contribution in [2.45, 2.75) is 31.7 Å². The number of anilines is 3. The fourth-order valence-corrected chi connectivity index (χ4v) is 4.25. The molecule has 2 saturated heterocycles. The molecule has 2 fully saturated rings. The van der Waals surface area contributed by atoms with Gasteiger partial charge in [0.05, 0.1) is 30.7 Å². The predicted molar refractivity (Wildman–Crippen MR) is 138 cm³/mol. The van der Waals surface area contributed by atoms with E-state index >= 15 is 0 Å². The lowest BCUT2D eigenvalue weighted by Crippen LogP contribution is -2.36. The number of aromatic nitrogens is 3. The van der Waals surface area contributed by atoms with Crippen molar-refractivity contribution in [3.8, 4) is 5.69 Å². The van der Waals surface area contributed by atoms with Crippen LogP contribution in [0.25, 0.3) is 5.69 Å². The van der Waals surface area contributed by atoms with Crippen molar-refractivity contribution >= 4 is 23.2 Å². The highest BCUT2D eigenvalue weighted by atomic mass is 19.4. The van der Waals surface area contributed by atoms with Crippen LogP contribution in [0.3, 0.4) is 0 Å². The van der Waals surface area contributed by atoms with E-state index < -0.39 is 12.1 Å². The van der Waals surface area contributed by atoms with Crippen LogP contribution in [-0.4, -0.2) is 87.5 Å². The number of pyridine rings is 1. The molecule has 5 rings (SSSR count). The fraction of sp³-hybridized carbons (Fsp3) is 0.423. The highest BCUT2D eigenvalue weighted by Crippen LogP contribution is 2.22. The molecule has 0 amide bonds. The Morgan fingerprint density at radius 2 is 1.69 bits per heavy atom. The molecular weight excluding hydrogens is 517 g/mol. The minimum atomic E-state index is -5.08. The van der Waals surface area contributed by atoms with Crippen LogP contribution < -0.4 is 10.2 Å². The van der Waals surface area contributed by atoms with E-state index in [0.29, 0.717) is 0 Å². The number of benzene rings is 1. The Kier molecular flexibility index (Phi) is 9.38. The van der Waals surface area contributed by atoms with Crippen molar-refractivity contribution in [3.63, 3.8) is 0 Å². The molecule has 10 nitrogen and oxygen atoms in total. The normalized spacial score (nSPS) is 16.9. The molecule has 0 aliphatic carbocycles. The van der Waals surface area contributed by atoms with Crippen LogP contribution in [0.15, 0.2) is 54.9 Å². The maximum atomic E-state index is 10.6. The Morgan fingerprint density at radius 1 is 1.03 bits per heavy atom. The minimum absolute atomic E-state index is 0.151. The lowest BCUT2D eigenvalue weighted by molar-refractivity contribution is -0.192. The first-order valence-electron chi connectivity index (χ1n) is 12.6. The molecule has 2 aliphatic rings. The van der Waals surface area contributed by atoms with Crippen molar-refractivity contribution in [3.05, 3.63) is 60.6 Å². The molecule has 0 bridgehead atoms. The summed E-state index contributed by atoms with van der Waals surface area (Å²) in [7, 11) is 0. The average Bonchev–Trinajstić information content (AvgIpc) is 3.39. The zero-order valence-corrected chi connectivity index (χ0v) is 21.2. The van der Waals surface area contributed by atoms with Crippen LogP contribution in [0.2, 0.25) is 0 Å². The first-order chi connectivity index (χ1) is 18.7. The molecule has 3 N–H and O–H groups in total. The summed E-state index contributed by atoms with van der Waals surface area (Å²) in [5, 5.41) is 25.0. The van der Waals surface area contributed by atoms with Gasteiger partial charge in [-0.1, -0.05) is 0 Å². The summed E-state index contributed by atoms with van der Waals surface area (Å²) in [6.07, 6.45) is 0.237. The van der Waals surface area contributed by atoms with Crippen molar-refractivity contribution in [1.82, 2.24) is 19.7 Å². The molecule has 0 radical (unpaired) electrons. The molecule has 2 aromatic heterocycles. The van der Waals surface area contributed by atoms with Crippen molar-refractivity contribution in [2.24, 2.45) is 0 Å². The lowest BCUT2D eigenvalue weighted by atomic mass is 10.1. The zero-order chi connectivity index (χ0) is 27.8. The number of alkyl halides is 3. The van der Waals surface area contributed by atoms with Gasteiger partial charge >= 0.3 is 12.1 Å². The van der Waals surface area contributed by atoms with Gasteiger partial charge in [0, 0.05) is 62.6 Å². The van der Waals surface area contributed by atoms with E-state index in [-0.39, 0.29) is 6.10 Å². The Balaban J connectivity index is 0.000000448. The molecule has 0 saturated carbocycles. The van der Waals surface area contributed by atoms with Gasteiger partial charge in [-0.05, 0) is 49.2 Å². The van der Waals surface area contributed by atoms with Crippen LogP contribution in [0.5, 0.6) is 0 Å². The third-order valence-corrected chi connectivity index (χ3v) is 6.35. The number of hydrogen-bond donors (Lipinski definition) is 3. The Hall–Kier alpha value is -3.68. The quantitative estimate of drug-likeness (QED) is 0.426. The minimum Gasteiger partial charge on any atom is -0.475 e. The summed E-state index contributed by atoms with van der Waals surface area (Å²) >= 11 is 0. The number of rotatable bonds is 6. The maximum Gasteiger partial charge on any atom is 0.490 e. The number of aliphatic hydroxyl groups is 1. The number of carboxylic acids is 1. The Morgan fingerprint density at radius 3 is 2.33 bits per heavy atom. The average molecular weight is 549 g/mol. The molecule has 3 aromatic rings. The number of carboxylic acid groups (broad SMARTS) is 1. The second-order valence-corrected chi connectivity index (χ2v) is 9.23. The first kappa shape index (κ1) is 28.3. The molecule has 13 heteroatoms. The largest absolute Gasteiger partial charge is 0.490 e. The maximum absolute atomic E-state index is 10.6. The zero-order valence-electron chi connectivity index (χ0n) is 21.2. The van der Waals surface area contributed by atoms with Crippen LogP contribution in [0.1, 0.15) is 18.5 Å². The molecule has 39 heavy (non-hydrogen) atoms. The van der Waals surface area contributed by atoms with Gasteiger partial charge in [0.2, 0.25) is 0 Å². The number of likely N-dealkylation sites (tertiary alicyclic amines) is 1. The summed E-state index contributed by atoms with van der Waals surface area (Å²) in [6, 6.07) is 14.5. The van der Waals surface area contributed by atoms with Crippen LogP contribution in [0.4, 0.5) is 30.4 Å². The van der Waals surface area contributed by atoms with Gasteiger partial charge < -0.3 is 25.2 Å². The second-order valence-electron chi connectivity index (χ2n) is 9.23. The summed E-state index contributed by atoms with van der Waals surface area (Å²) in [5.41, 5.74) is 4.21. The number of aliphatic carboxylic acids is 1. The summed E-state index contributed by atoms with van der Waals surface area (Å²) < 4.78 is 39.1. The number of nitrogens with one attached hydrogen (secondary N) is 1. The van der Waals surface area contributed by atoms with E-state index in [9.17, 15) is 18.3 Å². The van der Waals surface area contributed by atoms with Crippen molar-refractivity contribution in [2.75, 3.05) is 49.6 Å². The molecule has 0 spiro atoms. The number of ether oxygens (including phenoxy) is 1. The van der Waals surface area contributed by atoms with Gasteiger partial charge in [-0.3, -0.25) is 4.90 Å². The third kappa shape index (κ3) is 8.40. The molecular formula is C26H31F3N6O4. The van der Waals surface area contributed by atoms with Crippen molar-refractivity contribution < 1.29 is 32.9 Å². The second kappa shape index (κ2) is 12.9. The van der Waals surface area contributed by atoms with Gasteiger partial charge in [0.1, 0.15) is 5.82 Å². The van der Waals surface area contributed by atoms with Crippen LogP contribution in [-0.2, 0) is 16.1 Å². The summed E-state index contributed by atoms with van der Waals surface area (Å²) in [6.45, 7) is 6.08. The van der Waals surface area contributed by atoms with Gasteiger partial charge in [-0.25, -0.2) is 14.5 Å². The third-order valence-electron chi connectivity index (χ3n) is 6.35. The number of nitrogens with zero attached hydrogens (tertiary/aromatic N) is 5. The van der Waals surface area contributed by atoms with Gasteiger partial charge in [0.25, 0.3) is 0 Å². The summed E-state index contributed by atoms with van der Waals surface area (Å²) in [4.78, 5) is 18.1. The highest BCUT2D eigenvalue weighted by Gasteiger charge is 2.38. The predicted octanol–water partition coefficient (Wildman–Crippen LogP) is 3.44. The topological polar surface area (TPSA) is 116 Å². The van der Waals surface area contributed by atoms with Gasteiger partial charge in [0.15, 0.2) is 0 Å². The molecule has 0 unspecified atom stereocenters. The van der Waals surface area contributed by atoms with E-state index in [4.69, 9.17) is 19.7 Å². The highest BCUT2D eigenvalue weighted by molar-refractivity contribution is 5.73. The molecule has 210 valence electrons. The van der Waals surface area contributed by atoms with E-state index in [0.717, 1.165) is 81.7 Å². The van der Waals surface area contributed by atoms with E-state index in [1.165, 1.54) is 5.69 Å². The van der Waals surface area contributed by atoms with E-state index in [1.54, 1.807) is 6.20 Å². The van der Waals surface area contributed by atoms with Crippen LogP contribution >= 0.6 is 0 Å². The molecule has 4 heterocycles. The number of aliphatic hydroxyl groups excluding tert-OH is 1. The number of carbonyl (C=O) groups is 1. The van der Waals surface area contributed by atoms with Crippen molar-refractivity contribution in [1.29, 1.82) is 0 Å². The number of halogens is 3. The molecule has 2 aliphatic heterocycles. The SMILES string of the molecule is O=C(O)C(F)(F)F.OC1CCN(Cc2ccn(-c3ccnc(Nc4ccc(N5CCOCC5)cc4)c3)n2)CC1. The Bertz CT molecular complexity index is 1210. The number of hydrogen-bond acceptors (Lipinski definition) is 8. The van der Waals surface area contributed by atoms with Crippen LogP contribution in [0, 0.1) is 0 Å². The smallest absolute Gasteiger partial charge is 0.475 e. The standard InChI is InChI=1S/C24H30N6O2.C2HF3O2/c31-23-7-10-28(11-8-23)18-20-6-12-30(27-20)22-5-9-25-24(17-22)26-19-1-3-21(4-2-19)29-13-15-32-16-14-29;3-2(4,5)1(6)7/h1-6,9,12,17,23,31H,7-8,10-11,13-16,18H2,(H,25,26);(H,6,7). The van der Waals surface area contributed by atoms with Gasteiger partial charge in [-0.15, -0.1) is 0 Å². The van der Waals surface area contributed by atoms with E-state index in [2.05, 4.69) is 50.4 Å².